The SMILES string of the molecule is CCOC(=O)CN(Cc1ccc(CN2CCCC2)cc1)c1nc(SC)nc(N)c1[N+](=O)[O-]. The molecule has 0 radical (unpaired) electrons. The van der Waals surface area contributed by atoms with Crippen LogP contribution in [0.4, 0.5) is 17.3 Å². The van der Waals surface area contributed by atoms with E-state index < -0.39 is 16.6 Å². The van der Waals surface area contributed by atoms with Crippen LogP contribution in [-0.2, 0) is 22.6 Å². The molecule has 0 amide bonds. The lowest BCUT2D eigenvalue weighted by molar-refractivity contribution is -0.383. The lowest BCUT2D eigenvalue weighted by Gasteiger charge is -2.23. The monoisotopic (exact) mass is 460 g/mol. The van der Waals surface area contributed by atoms with E-state index in [4.69, 9.17) is 10.5 Å². The smallest absolute Gasteiger partial charge is 0.353 e. The third kappa shape index (κ3) is 6.07. The molecule has 0 bridgehead atoms. The van der Waals surface area contributed by atoms with Crippen LogP contribution in [0.15, 0.2) is 29.4 Å². The number of nitro groups is 1. The van der Waals surface area contributed by atoms with Gasteiger partial charge in [0.25, 0.3) is 0 Å². The summed E-state index contributed by atoms with van der Waals surface area (Å²) in [5.41, 5.74) is 7.53. The first kappa shape index (κ1) is 23.7. The third-order valence-electron chi connectivity index (χ3n) is 5.16. The molecule has 0 spiro atoms. The maximum atomic E-state index is 12.3. The van der Waals surface area contributed by atoms with Crippen molar-refractivity contribution in [3.8, 4) is 0 Å². The Bertz CT molecular complexity index is 950. The summed E-state index contributed by atoms with van der Waals surface area (Å²) in [5.74, 6) is -0.740. The highest BCUT2D eigenvalue weighted by molar-refractivity contribution is 7.98. The number of nitrogen functional groups attached to an aromatic ring is 1. The van der Waals surface area contributed by atoms with Crippen molar-refractivity contribution in [3.05, 3.63) is 45.5 Å². The van der Waals surface area contributed by atoms with E-state index in [0.717, 1.165) is 25.2 Å². The first-order valence-corrected chi connectivity index (χ1v) is 11.7. The molecule has 1 saturated heterocycles. The minimum absolute atomic E-state index is 0.000969. The van der Waals surface area contributed by atoms with E-state index in [9.17, 15) is 14.9 Å². The second kappa shape index (κ2) is 11.1. The predicted octanol–water partition coefficient (Wildman–Crippen LogP) is 2.85. The van der Waals surface area contributed by atoms with E-state index in [1.54, 1.807) is 13.2 Å². The Balaban J connectivity index is 1.89. The number of likely N-dealkylation sites (tertiary alicyclic amines) is 1. The van der Waals surface area contributed by atoms with Crippen LogP contribution in [0.25, 0.3) is 0 Å². The Kier molecular flexibility index (Phi) is 8.23. The topological polar surface area (TPSA) is 128 Å². The number of benzene rings is 1. The second-order valence-electron chi connectivity index (χ2n) is 7.49. The fourth-order valence-electron chi connectivity index (χ4n) is 3.66. The Hall–Kier alpha value is -2.92. The molecule has 0 atom stereocenters. The summed E-state index contributed by atoms with van der Waals surface area (Å²) in [4.78, 5) is 35.6. The van der Waals surface area contributed by atoms with Crippen LogP contribution in [0.2, 0.25) is 0 Å². The van der Waals surface area contributed by atoms with Crippen LogP contribution in [0.5, 0.6) is 0 Å². The van der Waals surface area contributed by atoms with E-state index in [1.807, 2.05) is 24.3 Å². The minimum Gasteiger partial charge on any atom is -0.465 e. The van der Waals surface area contributed by atoms with E-state index >= 15 is 0 Å². The molecule has 2 heterocycles. The summed E-state index contributed by atoms with van der Waals surface area (Å²) < 4.78 is 5.08. The molecule has 172 valence electrons. The van der Waals surface area contributed by atoms with Crippen molar-refractivity contribution in [2.45, 2.75) is 38.0 Å². The molecule has 2 aromatic rings. The molecule has 1 aromatic carbocycles. The molecule has 1 fully saturated rings. The highest BCUT2D eigenvalue weighted by atomic mass is 32.2. The van der Waals surface area contributed by atoms with Crippen LogP contribution >= 0.6 is 11.8 Å². The van der Waals surface area contributed by atoms with E-state index in [0.29, 0.717) is 0 Å². The van der Waals surface area contributed by atoms with Crippen LogP contribution in [0.3, 0.4) is 0 Å². The van der Waals surface area contributed by atoms with E-state index in [1.165, 1.54) is 35.1 Å². The van der Waals surface area contributed by atoms with Crippen molar-refractivity contribution in [1.29, 1.82) is 0 Å². The lowest BCUT2D eigenvalue weighted by atomic mass is 10.1. The highest BCUT2D eigenvalue weighted by Gasteiger charge is 2.29. The second-order valence-corrected chi connectivity index (χ2v) is 8.26. The van der Waals surface area contributed by atoms with Gasteiger partial charge in [-0.05, 0) is 50.2 Å². The number of thioether (sulfide) groups is 1. The summed E-state index contributed by atoms with van der Waals surface area (Å²) in [5, 5.41) is 12.0. The minimum atomic E-state index is -0.619. The number of carbonyl (C=O) groups excluding carboxylic acids is 1. The maximum Gasteiger partial charge on any atom is 0.353 e. The average molecular weight is 461 g/mol. The van der Waals surface area contributed by atoms with Gasteiger partial charge in [0.1, 0.15) is 6.54 Å². The summed E-state index contributed by atoms with van der Waals surface area (Å²) in [6, 6.07) is 8.03. The van der Waals surface area contributed by atoms with Gasteiger partial charge in [-0.25, -0.2) is 0 Å². The molecule has 0 unspecified atom stereocenters. The number of esters is 1. The molecule has 1 aromatic heterocycles. The van der Waals surface area contributed by atoms with E-state index in [2.05, 4.69) is 14.9 Å². The number of ether oxygens (including phenoxy) is 1. The summed E-state index contributed by atoms with van der Waals surface area (Å²) in [6.07, 6.45) is 4.22. The zero-order valence-corrected chi connectivity index (χ0v) is 19.1. The fourth-order valence-corrected chi connectivity index (χ4v) is 4.03. The quantitative estimate of drug-likeness (QED) is 0.186. The van der Waals surface area contributed by atoms with Gasteiger partial charge in [0, 0.05) is 13.1 Å². The van der Waals surface area contributed by atoms with Gasteiger partial charge in [-0.3, -0.25) is 19.8 Å². The zero-order chi connectivity index (χ0) is 23.1. The van der Waals surface area contributed by atoms with Gasteiger partial charge in [0.15, 0.2) is 5.16 Å². The predicted molar refractivity (Wildman–Crippen MR) is 124 cm³/mol. The standard InChI is InChI=1S/C21H28N6O4S/c1-3-31-17(28)14-26(20-18(27(29)30)19(22)23-21(24-20)32-2)13-16-8-6-15(7-9-16)12-25-10-4-5-11-25/h6-9H,3-5,10-14H2,1-2H3,(H2,22,23,24). The molecule has 1 aliphatic heterocycles. The van der Waals surface area contributed by atoms with Crippen molar-refractivity contribution in [2.24, 2.45) is 0 Å². The maximum absolute atomic E-state index is 12.3. The van der Waals surface area contributed by atoms with Gasteiger partial charge in [-0.1, -0.05) is 36.0 Å². The van der Waals surface area contributed by atoms with Crippen LogP contribution in [-0.4, -0.2) is 58.3 Å². The highest BCUT2D eigenvalue weighted by Crippen LogP contribution is 2.33. The molecule has 2 N–H and O–H groups in total. The normalized spacial score (nSPS) is 13.8. The molecular weight excluding hydrogens is 432 g/mol. The molecule has 11 heteroatoms. The first-order chi connectivity index (χ1) is 15.4. The van der Waals surface area contributed by atoms with Gasteiger partial charge in [-0.2, -0.15) is 9.97 Å². The lowest BCUT2D eigenvalue weighted by Crippen LogP contribution is -2.32. The number of hydrogen-bond donors (Lipinski definition) is 1. The largest absolute Gasteiger partial charge is 0.465 e. The molecule has 1 aliphatic rings. The molecule has 32 heavy (non-hydrogen) atoms. The van der Waals surface area contributed by atoms with Crippen LogP contribution in [0.1, 0.15) is 30.9 Å². The van der Waals surface area contributed by atoms with Gasteiger partial charge < -0.3 is 15.4 Å². The number of aromatic nitrogens is 2. The molecule has 0 aliphatic carbocycles. The first-order valence-electron chi connectivity index (χ1n) is 10.5. The number of rotatable bonds is 10. The number of nitrogens with two attached hydrogens (primary N) is 1. The van der Waals surface area contributed by atoms with Crippen molar-refractivity contribution >= 4 is 35.1 Å². The zero-order valence-electron chi connectivity index (χ0n) is 18.3. The van der Waals surface area contributed by atoms with Gasteiger partial charge >= 0.3 is 11.7 Å². The van der Waals surface area contributed by atoms with Crippen molar-refractivity contribution in [1.82, 2.24) is 14.9 Å². The Morgan fingerprint density at radius 1 is 1.25 bits per heavy atom. The number of hydrogen-bond acceptors (Lipinski definition) is 10. The Labute approximate surface area is 191 Å². The van der Waals surface area contributed by atoms with Gasteiger partial charge in [-0.15, -0.1) is 0 Å². The third-order valence-corrected chi connectivity index (χ3v) is 5.71. The average Bonchev–Trinajstić information content (AvgIpc) is 3.27. The Morgan fingerprint density at radius 3 is 2.50 bits per heavy atom. The van der Waals surface area contributed by atoms with Gasteiger partial charge in [0.05, 0.1) is 11.5 Å². The van der Waals surface area contributed by atoms with Crippen molar-refractivity contribution in [2.75, 3.05) is 43.1 Å². The fraction of sp³-hybridized carbons (Fsp3) is 0.476. The van der Waals surface area contributed by atoms with Crippen molar-refractivity contribution in [3.63, 3.8) is 0 Å². The van der Waals surface area contributed by atoms with Crippen LogP contribution < -0.4 is 10.6 Å². The van der Waals surface area contributed by atoms with E-state index in [-0.39, 0.29) is 36.5 Å². The number of carbonyl (C=O) groups is 1. The summed E-state index contributed by atoms with van der Waals surface area (Å²) >= 11 is 1.22. The molecular formula is C21H28N6O4S. The summed E-state index contributed by atoms with van der Waals surface area (Å²) in [6.45, 7) is 5.08. The number of nitrogens with zero attached hydrogens (tertiary/aromatic N) is 5. The number of anilines is 2. The molecule has 10 nitrogen and oxygen atoms in total. The van der Waals surface area contributed by atoms with Gasteiger partial charge in [0.2, 0.25) is 11.6 Å². The summed E-state index contributed by atoms with van der Waals surface area (Å²) in [7, 11) is 0. The van der Waals surface area contributed by atoms with Crippen LogP contribution in [0, 0.1) is 10.1 Å². The molecule has 3 rings (SSSR count). The Morgan fingerprint density at radius 2 is 1.91 bits per heavy atom. The van der Waals surface area contributed by atoms with Crippen molar-refractivity contribution < 1.29 is 14.5 Å². The molecule has 0 saturated carbocycles.